The summed E-state index contributed by atoms with van der Waals surface area (Å²) < 4.78 is 0. The quantitative estimate of drug-likeness (QED) is 0.381. The Hall–Kier alpha value is -1.45. The van der Waals surface area contributed by atoms with Crippen LogP contribution >= 0.6 is 0 Å². The third-order valence-electron chi connectivity index (χ3n) is 1.52. The smallest absolute Gasteiger partial charge is 0.325 e. The van der Waals surface area contributed by atoms with E-state index in [0.717, 1.165) is 12.8 Å². The molecule has 0 aliphatic carbocycles. The second kappa shape index (κ2) is 8.16. The highest BCUT2D eigenvalue weighted by atomic mass is 16.4. The highest BCUT2D eigenvalue weighted by Crippen LogP contribution is 1.95. The Labute approximate surface area is 83.3 Å². The summed E-state index contributed by atoms with van der Waals surface area (Å²) in [5, 5.41) is 8.33. The topological polar surface area (TPSA) is 66.7 Å². The van der Waals surface area contributed by atoms with E-state index >= 15 is 0 Å². The van der Waals surface area contributed by atoms with Crippen LogP contribution in [0, 0.1) is 0 Å². The molecule has 0 spiro atoms. The normalized spacial score (nSPS) is 11.9. The van der Waals surface area contributed by atoms with Gasteiger partial charge in [0.05, 0.1) is 5.71 Å². The Morgan fingerprint density at radius 1 is 1.43 bits per heavy atom. The average molecular weight is 197 g/mol. The molecule has 0 rings (SSSR count). The Morgan fingerprint density at radius 3 is 2.64 bits per heavy atom. The van der Waals surface area contributed by atoms with Gasteiger partial charge in [-0.25, -0.2) is 0 Å². The molecule has 0 atom stereocenters. The second-order valence-corrected chi connectivity index (χ2v) is 2.74. The molecule has 1 N–H and O–H groups in total. The van der Waals surface area contributed by atoms with E-state index in [4.69, 9.17) is 5.11 Å². The molecule has 0 aliphatic heterocycles. The zero-order valence-electron chi connectivity index (χ0n) is 8.27. The van der Waals surface area contributed by atoms with Crippen LogP contribution in [0.2, 0.25) is 0 Å². The van der Waals surface area contributed by atoms with Crippen LogP contribution in [0.3, 0.4) is 0 Å². The highest BCUT2D eigenvalue weighted by Gasteiger charge is 1.98. The number of carbonyl (C=O) groups excluding carboxylic acids is 1. The van der Waals surface area contributed by atoms with Gasteiger partial charge >= 0.3 is 5.97 Å². The van der Waals surface area contributed by atoms with Crippen molar-refractivity contribution in [2.75, 3.05) is 6.54 Å². The lowest BCUT2D eigenvalue weighted by Gasteiger charge is -1.94. The lowest BCUT2D eigenvalue weighted by molar-refractivity contribution is -0.135. The maximum atomic E-state index is 10.4. The van der Waals surface area contributed by atoms with Crippen LogP contribution in [0.4, 0.5) is 0 Å². The minimum absolute atomic E-state index is 0.313. The molecular weight excluding hydrogens is 182 g/mol. The van der Waals surface area contributed by atoms with E-state index in [0.29, 0.717) is 18.4 Å². The van der Waals surface area contributed by atoms with E-state index in [-0.39, 0.29) is 6.54 Å². The number of hydrogen-bond acceptors (Lipinski definition) is 3. The molecule has 0 radical (unpaired) electrons. The first-order chi connectivity index (χ1) is 6.70. The van der Waals surface area contributed by atoms with Gasteiger partial charge in [-0.1, -0.05) is 19.1 Å². The van der Waals surface area contributed by atoms with Crippen LogP contribution in [0.5, 0.6) is 0 Å². The summed E-state index contributed by atoms with van der Waals surface area (Å²) in [6.45, 7) is 1.70. The van der Waals surface area contributed by atoms with E-state index in [1.54, 1.807) is 0 Å². The highest BCUT2D eigenvalue weighted by molar-refractivity contribution is 6.28. The number of aliphatic carboxylic acids is 1. The largest absolute Gasteiger partial charge is 0.480 e. The molecule has 0 heterocycles. The van der Waals surface area contributed by atoms with Crippen LogP contribution in [0.1, 0.15) is 26.2 Å². The van der Waals surface area contributed by atoms with Gasteiger partial charge in [0.1, 0.15) is 6.54 Å². The minimum Gasteiger partial charge on any atom is -0.480 e. The van der Waals surface area contributed by atoms with Crippen LogP contribution in [0.15, 0.2) is 17.1 Å². The fourth-order valence-corrected chi connectivity index (χ4v) is 0.860. The van der Waals surface area contributed by atoms with Gasteiger partial charge in [0.2, 0.25) is 0 Å². The molecule has 0 amide bonds. The zero-order valence-corrected chi connectivity index (χ0v) is 8.27. The zero-order chi connectivity index (χ0) is 10.8. The number of carboxylic acids is 1. The molecule has 0 bridgehead atoms. The Morgan fingerprint density at radius 2 is 2.14 bits per heavy atom. The summed E-state index contributed by atoms with van der Waals surface area (Å²) in [5.74, 6) is -1.02. The lowest BCUT2D eigenvalue weighted by Crippen LogP contribution is -2.06. The molecule has 0 aliphatic rings. The fourth-order valence-electron chi connectivity index (χ4n) is 0.860. The molecule has 0 aromatic carbocycles. The molecule has 78 valence electrons. The van der Waals surface area contributed by atoms with Crippen LogP contribution < -0.4 is 0 Å². The van der Waals surface area contributed by atoms with Gasteiger partial charge in [-0.15, -0.1) is 0 Å². The molecule has 14 heavy (non-hydrogen) atoms. The molecule has 0 fully saturated rings. The van der Waals surface area contributed by atoms with Gasteiger partial charge in [-0.3, -0.25) is 14.6 Å². The molecule has 0 aromatic rings. The van der Waals surface area contributed by atoms with Crippen molar-refractivity contribution in [3.05, 3.63) is 12.2 Å². The van der Waals surface area contributed by atoms with E-state index in [9.17, 15) is 9.59 Å². The number of aldehydes is 1. The van der Waals surface area contributed by atoms with E-state index in [2.05, 4.69) is 4.99 Å². The lowest BCUT2D eigenvalue weighted by atomic mass is 10.2. The summed E-state index contributed by atoms with van der Waals surface area (Å²) in [4.78, 5) is 24.2. The first-order valence-electron chi connectivity index (χ1n) is 4.56. The summed E-state index contributed by atoms with van der Waals surface area (Å²) in [6, 6.07) is 0. The maximum Gasteiger partial charge on any atom is 0.325 e. The number of rotatable bonds is 7. The third-order valence-corrected chi connectivity index (χ3v) is 1.52. The van der Waals surface area contributed by atoms with Crippen molar-refractivity contribution in [2.24, 2.45) is 4.99 Å². The van der Waals surface area contributed by atoms with Gasteiger partial charge in [0.15, 0.2) is 6.29 Å². The summed E-state index contributed by atoms with van der Waals surface area (Å²) in [5.41, 5.74) is 0.313. The van der Waals surface area contributed by atoms with Crippen LogP contribution in [-0.2, 0) is 9.59 Å². The second-order valence-electron chi connectivity index (χ2n) is 2.74. The van der Waals surface area contributed by atoms with E-state index in [1.807, 2.05) is 19.1 Å². The van der Waals surface area contributed by atoms with Crippen molar-refractivity contribution in [1.29, 1.82) is 0 Å². The molecule has 4 heteroatoms. The monoisotopic (exact) mass is 197 g/mol. The molecule has 4 nitrogen and oxygen atoms in total. The Balaban J connectivity index is 3.90. The summed E-state index contributed by atoms with van der Waals surface area (Å²) in [6.07, 6.45) is 6.77. The van der Waals surface area contributed by atoms with E-state index < -0.39 is 5.97 Å². The number of nitrogens with zero attached hydrogens (tertiary/aromatic N) is 1. The van der Waals surface area contributed by atoms with Crippen molar-refractivity contribution < 1.29 is 14.7 Å². The van der Waals surface area contributed by atoms with E-state index in [1.165, 1.54) is 0 Å². The fraction of sp³-hybridized carbons (Fsp3) is 0.500. The van der Waals surface area contributed by atoms with Gasteiger partial charge in [0.25, 0.3) is 0 Å². The first kappa shape index (κ1) is 12.6. The van der Waals surface area contributed by atoms with Crippen LogP contribution in [0.25, 0.3) is 0 Å². The van der Waals surface area contributed by atoms with Gasteiger partial charge in [0, 0.05) is 0 Å². The van der Waals surface area contributed by atoms with Crippen molar-refractivity contribution in [3.8, 4) is 0 Å². The number of aliphatic imine (C=N–C) groups is 1. The van der Waals surface area contributed by atoms with Crippen LogP contribution in [-0.4, -0.2) is 29.6 Å². The number of carboxylic acid groups (broad SMARTS) is 1. The van der Waals surface area contributed by atoms with Crippen molar-refractivity contribution in [1.82, 2.24) is 0 Å². The summed E-state index contributed by atoms with van der Waals surface area (Å²) in [7, 11) is 0. The predicted molar refractivity (Wildman–Crippen MR) is 54.7 cm³/mol. The van der Waals surface area contributed by atoms with Crippen molar-refractivity contribution in [2.45, 2.75) is 26.2 Å². The summed E-state index contributed by atoms with van der Waals surface area (Å²) >= 11 is 0. The van der Waals surface area contributed by atoms with Gasteiger partial charge in [-0.2, -0.15) is 0 Å². The first-order valence-corrected chi connectivity index (χ1v) is 4.56. The molecule has 0 saturated carbocycles. The van der Waals surface area contributed by atoms with Gasteiger partial charge in [-0.05, 0) is 19.3 Å². The predicted octanol–water partition coefficient (Wildman–Crippen LogP) is 1.46. The minimum atomic E-state index is -1.02. The molecule has 0 saturated heterocycles. The van der Waals surface area contributed by atoms with Gasteiger partial charge < -0.3 is 5.11 Å². The number of allylic oxidation sites excluding steroid dienone is 2. The SMILES string of the molecule is CC/C=C/CCC(C=O)=NCC(=O)O. The Bertz CT molecular complexity index is 244. The van der Waals surface area contributed by atoms with Crippen molar-refractivity contribution in [3.63, 3.8) is 0 Å². The maximum absolute atomic E-state index is 10.4. The standard InChI is InChI=1S/C10H15NO3/c1-2-3-4-5-6-9(8-12)11-7-10(13)14/h3-4,8H,2,5-7H2,1H3,(H,13,14)/b4-3+,11-9?. The number of hydrogen-bond donors (Lipinski definition) is 1. The Kier molecular flexibility index (Phi) is 7.32. The number of carbonyl (C=O) groups is 2. The molecule has 0 unspecified atom stereocenters. The molecular formula is C10H15NO3. The van der Waals surface area contributed by atoms with Crippen molar-refractivity contribution >= 4 is 18.0 Å². The average Bonchev–Trinajstić information content (AvgIpc) is 2.16. The third kappa shape index (κ3) is 7.21. The molecule has 0 aromatic heterocycles.